The number of hydrogen-bond acceptors (Lipinski definition) is 0. The molecular formula is C6H14LiN. The third-order valence-electron chi connectivity index (χ3n) is 0.985. The van der Waals surface area contributed by atoms with Crippen molar-refractivity contribution in [2.24, 2.45) is 0 Å². The normalized spacial score (nSPS) is 8.25. The average Bonchev–Trinajstić information content (AvgIpc) is 1.69. The van der Waals surface area contributed by atoms with E-state index in [1.54, 1.807) is 0 Å². The third-order valence-corrected chi connectivity index (χ3v) is 0.985. The molecule has 0 aromatic rings. The second-order valence-corrected chi connectivity index (χ2v) is 1.75. The quantitative estimate of drug-likeness (QED) is 0.329. The summed E-state index contributed by atoms with van der Waals surface area (Å²) in [5, 5.41) is 3.97. The molecule has 0 saturated heterocycles. The summed E-state index contributed by atoms with van der Waals surface area (Å²) in [5.74, 6) is 0. The van der Waals surface area contributed by atoms with Crippen LogP contribution in [0.1, 0.15) is 26.2 Å². The van der Waals surface area contributed by atoms with Crippen LogP contribution >= 0.6 is 0 Å². The first-order chi connectivity index (χ1) is 3.41. The average molecular weight is 107 g/mol. The molecule has 0 atom stereocenters. The molecule has 0 aliphatic heterocycles. The van der Waals surface area contributed by atoms with E-state index in [4.69, 9.17) is 0 Å². The number of unbranched alkanes of at least 4 members (excludes halogenated alkanes) is 2. The zero-order valence-corrected chi connectivity index (χ0v) is 6.28. The second kappa shape index (κ2) is 10.5. The van der Waals surface area contributed by atoms with Crippen LogP contribution in [0.4, 0.5) is 0 Å². The molecular weight excluding hydrogens is 93.0 g/mol. The minimum atomic E-state index is 0. The fourth-order valence-corrected chi connectivity index (χ4v) is 0.520. The van der Waals surface area contributed by atoms with Gasteiger partial charge in [-0.3, -0.25) is 0 Å². The topological polar surface area (TPSA) is 14.1 Å². The molecule has 0 amide bonds. The van der Waals surface area contributed by atoms with Crippen LogP contribution in [0.5, 0.6) is 0 Å². The van der Waals surface area contributed by atoms with Gasteiger partial charge in [0.25, 0.3) is 0 Å². The Morgan fingerprint density at radius 1 is 1.25 bits per heavy atom. The summed E-state index contributed by atoms with van der Waals surface area (Å²) < 4.78 is 0. The smallest absolute Gasteiger partial charge is 0.665 e. The third kappa shape index (κ3) is 9.75. The summed E-state index contributed by atoms with van der Waals surface area (Å²) in [4.78, 5) is 0. The Kier molecular flexibility index (Phi) is 14.9. The number of hydrogen-bond donors (Lipinski definition) is 0. The van der Waals surface area contributed by atoms with Gasteiger partial charge >= 0.3 is 18.9 Å². The zero-order chi connectivity index (χ0) is 5.54. The maximum Gasteiger partial charge on any atom is 1.00 e. The van der Waals surface area contributed by atoms with Gasteiger partial charge in [0.05, 0.1) is 0 Å². The Morgan fingerprint density at radius 2 is 1.88 bits per heavy atom. The molecule has 0 unspecified atom stereocenters. The fourth-order valence-electron chi connectivity index (χ4n) is 0.520. The van der Waals surface area contributed by atoms with Gasteiger partial charge in [0.1, 0.15) is 0 Å². The predicted molar refractivity (Wildman–Crippen MR) is 33.7 cm³/mol. The maximum absolute atomic E-state index is 3.97. The van der Waals surface area contributed by atoms with Crippen molar-refractivity contribution in [1.29, 1.82) is 0 Å². The van der Waals surface area contributed by atoms with Gasteiger partial charge in [-0.15, -0.1) is 6.54 Å². The van der Waals surface area contributed by atoms with E-state index in [1.807, 2.05) is 7.05 Å². The first kappa shape index (κ1) is 11.4. The molecule has 1 nitrogen and oxygen atoms in total. The van der Waals surface area contributed by atoms with Gasteiger partial charge in [-0.25, -0.2) is 0 Å². The van der Waals surface area contributed by atoms with Crippen LogP contribution in [-0.4, -0.2) is 13.6 Å². The molecule has 0 rings (SSSR count). The molecule has 0 bridgehead atoms. The number of rotatable bonds is 4. The molecule has 0 radical (unpaired) electrons. The summed E-state index contributed by atoms with van der Waals surface area (Å²) in [6.07, 6.45) is 3.90. The van der Waals surface area contributed by atoms with E-state index >= 15 is 0 Å². The summed E-state index contributed by atoms with van der Waals surface area (Å²) in [5.41, 5.74) is 0. The van der Waals surface area contributed by atoms with E-state index in [9.17, 15) is 0 Å². The van der Waals surface area contributed by atoms with Crippen molar-refractivity contribution in [3.8, 4) is 0 Å². The van der Waals surface area contributed by atoms with E-state index in [0.29, 0.717) is 0 Å². The Labute approximate surface area is 64.4 Å². The van der Waals surface area contributed by atoms with E-state index in [1.165, 1.54) is 19.3 Å². The van der Waals surface area contributed by atoms with Gasteiger partial charge in [-0.2, -0.15) is 7.05 Å². The maximum atomic E-state index is 3.97. The monoisotopic (exact) mass is 107 g/mol. The standard InChI is InChI=1S/C6H14N.Li/c1-3-4-5-6-7-2;/h3-6H2,1-2H3;/q-1;+1. The molecule has 0 fully saturated rings. The van der Waals surface area contributed by atoms with Gasteiger partial charge < -0.3 is 5.32 Å². The van der Waals surface area contributed by atoms with Crippen LogP contribution in [0.3, 0.4) is 0 Å². The van der Waals surface area contributed by atoms with Crippen LogP contribution in [0, 0.1) is 0 Å². The van der Waals surface area contributed by atoms with E-state index < -0.39 is 0 Å². The van der Waals surface area contributed by atoms with Crippen LogP contribution in [0.25, 0.3) is 5.32 Å². The molecule has 0 N–H and O–H groups in total. The summed E-state index contributed by atoms with van der Waals surface area (Å²) in [6, 6.07) is 0. The van der Waals surface area contributed by atoms with E-state index in [2.05, 4.69) is 12.2 Å². The molecule has 0 saturated carbocycles. The fraction of sp³-hybridized carbons (Fsp3) is 1.00. The van der Waals surface area contributed by atoms with Crippen LogP contribution in [0.2, 0.25) is 0 Å². The largest absolute Gasteiger partial charge is 1.00 e. The Bertz CT molecular complexity index is 27.7. The number of nitrogens with zero attached hydrogens (tertiary/aromatic N) is 1. The molecule has 0 aromatic heterocycles. The Hall–Kier alpha value is 0.557. The molecule has 0 heterocycles. The Balaban J connectivity index is 0. The molecule has 2 heteroatoms. The van der Waals surface area contributed by atoms with Crippen molar-refractivity contribution in [1.82, 2.24) is 0 Å². The zero-order valence-electron chi connectivity index (χ0n) is 6.28. The van der Waals surface area contributed by atoms with Crippen LogP contribution < -0.4 is 18.9 Å². The minimum Gasteiger partial charge on any atom is -0.665 e. The minimum absolute atomic E-state index is 0. The van der Waals surface area contributed by atoms with Crippen molar-refractivity contribution in [2.75, 3.05) is 13.6 Å². The first-order valence-corrected chi connectivity index (χ1v) is 2.97. The molecule has 8 heavy (non-hydrogen) atoms. The molecule has 0 aliphatic rings. The van der Waals surface area contributed by atoms with Gasteiger partial charge in [0.2, 0.25) is 0 Å². The van der Waals surface area contributed by atoms with Gasteiger partial charge in [0, 0.05) is 0 Å². The Morgan fingerprint density at radius 3 is 2.25 bits per heavy atom. The summed E-state index contributed by atoms with van der Waals surface area (Å²) >= 11 is 0. The van der Waals surface area contributed by atoms with E-state index in [-0.39, 0.29) is 18.9 Å². The van der Waals surface area contributed by atoms with Crippen molar-refractivity contribution < 1.29 is 18.9 Å². The van der Waals surface area contributed by atoms with Gasteiger partial charge in [-0.1, -0.05) is 26.2 Å². The molecule has 0 spiro atoms. The van der Waals surface area contributed by atoms with Gasteiger partial charge in [0.15, 0.2) is 0 Å². The first-order valence-electron chi connectivity index (χ1n) is 2.97. The van der Waals surface area contributed by atoms with Crippen molar-refractivity contribution >= 4 is 0 Å². The van der Waals surface area contributed by atoms with Crippen LogP contribution in [-0.2, 0) is 0 Å². The SMILES string of the molecule is CCCCC[N-]C.[Li+]. The summed E-state index contributed by atoms with van der Waals surface area (Å²) in [7, 11) is 1.87. The second-order valence-electron chi connectivity index (χ2n) is 1.75. The van der Waals surface area contributed by atoms with Gasteiger partial charge in [-0.05, 0) is 0 Å². The predicted octanol–water partition coefficient (Wildman–Crippen LogP) is -0.816. The summed E-state index contributed by atoms with van der Waals surface area (Å²) in [6.45, 7) is 3.25. The van der Waals surface area contributed by atoms with E-state index in [0.717, 1.165) is 6.54 Å². The molecule has 0 aliphatic carbocycles. The molecule has 44 valence electrons. The van der Waals surface area contributed by atoms with Crippen molar-refractivity contribution in [3.05, 3.63) is 5.32 Å². The van der Waals surface area contributed by atoms with Crippen molar-refractivity contribution in [2.45, 2.75) is 26.2 Å². The van der Waals surface area contributed by atoms with Crippen LogP contribution in [0.15, 0.2) is 0 Å². The van der Waals surface area contributed by atoms with Crippen molar-refractivity contribution in [3.63, 3.8) is 0 Å². The molecule has 0 aromatic carbocycles.